The minimum absolute atomic E-state index is 0.129. The SMILES string of the molecule is CCOC(=O)c1sc(N)c(C#N)c1COC(=O)c1c[nH]c2ccccc12. The molecule has 0 aliphatic rings. The second-order valence-electron chi connectivity index (χ2n) is 5.31. The number of thiophene rings is 1. The highest BCUT2D eigenvalue weighted by Gasteiger charge is 2.24. The number of H-pyrrole nitrogens is 1. The first-order valence-electron chi connectivity index (χ1n) is 7.78. The van der Waals surface area contributed by atoms with Gasteiger partial charge in [-0.05, 0) is 13.0 Å². The van der Waals surface area contributed by atoms with Crippen LogP contribution in [0.1, 0.15) is 38.1 Å². The number of anilines is 1. The van der Waals surface area contributed by atoms with Gasteiger partial charge in [0.1, 0.15) is 22.6 Å². The maximum atomic E-state index is 12.4. The molecular formula is C18H15N3O4S. The molecule has 0 radical (unpaired) electrons. The number of carbonyl (C=O) groups is 2. The third-order valence-electron chi connectivity index (χ3n) is 3.76. The summed E-state index contributed by atoms with van der Waals surface area (Å²) in [6.45, 7) is 1.62. The van der Waals surface area contributed by atoms with Crippen molar-refractivity contribution in [2.45, 2.75) is 13.5 Å². The van der Waals surface area contributed by atoms with Crippen LogP contribution in [0.25, 0.3) is 10.9 Å². The number of nitrogens with one attached hydrogen (secondary N) is 1. The summed E-state index contributed by atoms with van der Waals surface area (Å²) in [5.41, 5.74) is 7.38. The normalized spacial score (nSPS) is 10.5. The van der Waals surface area contributed by atoms with Crippen LogP contribution in [0.2, 0.25) is 0 Å². The molecule has 0 saturated carbocycles. The van der Waals surface area contributed by atoms with Gasteiger partial charge in [-0.25, -0.2) is 9.59 Å². The summed E-state index contributed by atoms with van der Waals surface area (Å²) in [5.74, 6) is -1.16. The molecular weight excluding hydrogens is 354 g/mol. The molecule has 8 heteroatoms. The van der Waals surface area contributed by atoms with Gasteiger partial charge in [0.25, 0.3) is 0 Å². The number of nitriles is 1. The number of hydrogen-bond donors (Lipinski definition) is 2. The van der Waals surface area contributed by atoms with Crippen molar-refractivity contribution in [3.05, 3.63) is 52.0 Å². The van der Waals surface area contributed by atoms with Crippen LogP contribution in [-0.4, -0.2) is 23.5 Å². The van der Waals surface area contributed by atoms with Crippen molar-refractivity contribution in [3.63, 3.8) is 0 Å². The maximum absolute atomic E-state index is 12.4. The van der Waals surface area contributed by atoms with E-state index in [1.807, 2.05) is 24.3 Å². The Morgan fingerprint density at radius 3 is 2.77 bits per heavy atom. The number of fused-ring (bicyclic) bond motifs is 1. The molecule has 0 atom stereocenters. The number of aromatic nitrogens is 1. The molecule has 0 amide bonds. The molecule has 0 bridgehead atoms. The average Bonchev–Trinajstić information content (AvgIpc) is 3.20. The fourth-order valence-corrected chi connectivity index (χ4v) is 3.48. The van der Waals surface area contributed by atoms with Crippen molar-refractivity contribution in [2.24, 2.45) is 0 Å². The van der Waals surface area contributed by atoms with Crippen LogP contribution < -0.4 is 5.73 Å². The van der Waals surface area contributed by atoms with Crippen molar-refractivity contribution in [1.82, 2.24) is 4.98 Å². The molecule has 7 nitrogen and oxygen atoms in total. The van der Waals surface area contributed by atoms with E-state index in [1.165, 1.54) is 0 Å². The first-order chi connectivity index (χ1) is 12.6. The van der Waals surface area contributed by atoms with Crippen LogP contribution in [0.5, 0.6) is 0 Å². The Morgan fingerprint density at radius 1 is 1.27 bits per heavy atom. The van der Waals surface area contributed by atoms with E-state index in [4.69, 9.17) is 15.2 Å². The first kappa shape index (κ1) is 17.5. The van der Waals surface area contributed by atoms with Gasteiger partial charge in [0.15, 0.2) is 0 Å². The lowest BCUT2D eigenvalue weighted by Crippen LogP contribution is -2.10. The van der Waals surface area contributed by atoms with Gasteiger partial charge in [-0.1, -0.05) is 18.2 Å². The van der Waals surface area contributed by atoms with Gasteiger partial charge in [-0.3, -0.25) is 0 Å². The lowest BCUT2D eigenvalue weighted by atomic mass is 10.1. The number of para-hydroxylation sites is 1. The van der Waals surface area contributed by atoms with Gasteiger partial charge in [0.05, 0.1) is 17.7 Å². The number of carbonyl (C=O) groups excluding carboxylic acids is 2. The Labute approximate surface area is 152 Å². The van der Waals surface area contributed by atoms with E-state index in [0.29, 0.717) is 5.56 Å². The highest BCUT2D eigenvalue weighted by molar-refractivity contribution is 7.18. The fraction of sp³-hybridized carbons (Fsp3) is 0.167. The molecule has 1 aromatic carbocycles. The molecule has 26 heavy (non-hydrogen) atoms. The molecule has 3 aromatic rings. The Morgan fingerprint density at radius 2 is 2.04 bits per heavy atom. The van der Waals surface area contributed by atoms with Gasteiger partial charge in [0.2, 0.25) is 0 Å². The maximum Gasteiger partial charge on any atom is 0.348 e. The number of nitrogen functional groups attached to an aromatic ring is 1. The Kier molecular flexibility index (Phi) is 4.91. The summed E-state index contributed by atoms with van der Waals surface area (Å²) >= 11 is 0.949. The standard InChI is InChI=1S/C18H15N3O4S/c1-2-24-18(23)15-13(11(7-19)16(20)26-15)9-25-17(22)12-8-21-14-6-4-3-5-10(12)14/h3-6,8,21H,2,9,20H2,1H3. The molecule has 0 aliphatic carbocycles. The molecule has 0 aliphatic heterocycles. The minimum Gasteiger partial charge on any atom is -0.462 e. The summed E-state index contributed by atoms with van der Waals surface area (Å²) in [6, 6.07) is 9.27. The van der Waals surface area contributed by atoms with Gasteiger partial charge in [0, 0.05) is 22.7 Å². The van der Waals surface area contributed by atoms with Crippen molar-refractivity contribution in [1.29, 1.82) is 5.26 Å². The largest absolute Gasteiger partial charge is 0.462 e. The van der Waals surface area contributed by atoms with E-state index in [1.54, 1.807) is 19.2 Å². The molecule has 132 valence electrons. The zero-order valence-electron chi connectivity index (χ0n) is 13.9. The molecule has 3 rings (SSSR count). The highest BCUT2D eigenvalue weighted by atomic mass is 32.1. The smallest absolute Gasteiger partial charge is 0.348 e. The third-order valence-corrected chi connectivity index (χ3v) is 4.80. The van der Waals surface area contributed by atoms with Crippen LogP contribution in [0.3, 0.4) is 0 Å². The zero-order chi connectivity index (χ0) is 18.7. The zero-order valence-corrected chi connectivity index (χ0v) is 14.7. The van der Waals surface area contributed by atoms with Crippen LogP contribution >= 0.6 is 11.3 Å². The average molecular weight is 369 g/mol. The minimum atomic E-state index is -0.594. The number of hydrogen-bond acceptors (Lipinski definition) is 7. The van der Waals surface area contributed by atoms with Gasteiger partial charge in [-0.15, -0.1) is 11.3 Å². The predicted octanol–water partition coefficient (Wildman–Crippen LogP) is 3.22. The molecule has 0 spiro atoms. The number of aromatic amines is 1. The van der Waals surface area contributed by atoms with Crippen molar-refractivity contribution < 1.29 is 19.1 Å². The Hall–Kier alpha value is -3.31. The lowest BCUT2D eigenvalue weighted by Gasteiger charge is -2.06. The lowest BCUT2D eigenvalue weighted by molar-refractivity contribution is 0.0454. The molecule has 0 unspecified atom stereocenters. The van der Waals surface area contributed by atoms with E-state index in [9.17, 15) is 14.9 Å². The fourth-order valence-electron chi connectivity index (χ4n) is 2.56. The molecule has 3 N–H and O–H groups in total. The summed E-state index contributed by atoms with van der Waals surface area (Å²) in [7, 11) is 0. The predicted molar refractivity (Wildman–Crippen MR) is 96.8 cm³/mol. The van der Waals surface area contributed by atoms with Crippen LogP contribution in [-0.2, 0) is 16.1 Å². The van der Waals surface area contributed by atoms with E-state index in [-0.39, 0.29) is 34.2 Å². The number of esters is 2. The van der Waals surface area contributed by atoms with E-state index in [0.717, 1.165) is 22.2 Å². The van der Waals surface area contributed by atoms with Crippen LogP contribution in [0.4, 0.5) is 5.00 Å². The van der Waals surface area contributed by atoms with E-state index in [2.05, 4.69) is 4.98 Å². The summed E-state index contributed by atoms with van der Waals surface area (Å²) in [4.78, 5) is 27.7. The number of ether oxygens (including phenoxy) is 2. The van der Waals surface area contributed by atoms with E-state index < -0.39 is 11.9 Å². The molecule has 0 fully saturated rings. The number of benzene rings is 1. The van der Waals surface area contributed by atoms with Crippen LogP contribution in [0.15, 0.2) is 30.5 Å². The molecule has 0 saturated heterocycles. The van der Waals surface area contributed by atoms with Crippen molar-refractivity contribution in [2.75, 3.05) is 12.3 Å². The third kappa shape index (κ3) is 3.12. The topological polar surface area (TPSA) is 118 Å². The summed E-state index contributed by atoms with van der Waals surface area (Å²) < 4.78 is 10.3. The molecule has 2 heterocycles. The van der Waals surface area contributed by atoms with Crippen LogP contribution in [0, 0.1) is 11.3 Å². The number of nitrogens with zero attached hydrogens (tertiary/aromatic N) is 1. The second kappa shape index (κ2) is 7.29. The van der Waals surface area contributed by atoms with E-state index >= 15 is 0 Å². The van der Waals surface area contributed by atoms with Crippen molar-refractivity contribution >= 4 is 39.2 Å². The summed E-state index contributed by atoms with van der Waals surface area (Å²) in [6.07, 6.45) is 1.56. The molecule has 2 aromatic heterocycles. The summed E-state index contributed by atoms with van der Waals surface area (Å²) in [5, 5.41) is 10.2. The number of nitrogens with two attached hydrogens (primary N) is 1. The van der Waals surface area contributed by atoms with Gasteiger partial charge >= 0.3 is 11.9 Å². The second-order valence-corrected chi connectivity index (χ2v) is 6.36. The number of rotatable bonds is 5. The monoisotopic (exact) mass is 369 g/mol. The Balaban J connectivity index is 1.86. The first-order valence-corrected chi connectivity index (χ1v) is 8.60. The van der Waals surface area contributed by atoms with Gasteiger partial charge < -0.3 is 20.2 Å². The highest BCUT2D eigenvalue weighted by Crippen LogP contribution is 2.32. The van der Waals surface area contributed by atoms with Gasteiger partial charge in [-0.2, -0.15) is 5.26 Å². The quantitative estimate of drug-likeness (QED) is 0.667. The Bertz CT molecular complexity index is 1030. The van der Waals surface area contributed by atoms with Crippen molar-refractivity contribution in [3.8, 4) is 6.07 Å².